The lowest BCUT2D eigenvalue weighted by Gasteiger charge is -2.26. The molecule has 0 aromatic heterocycles. The van der Waals surface area contributed by atoms with Gasteiger partial charge in [-0.3, -0.25) is 10.9 Å². The van der Waals surface area contributed by atoms with Gasteiger partial charge in [-0.15, -0.1) is 0 Å². The lowest BCUT2D eigenvalue weighted by molar-refractivity contribution is 0.0730. The summed E-state index contributed by atoms with van der Waals surface area (Å²) in [4.78, 5) is 0.232. The van der Waals surface area contributed by atoms with Crippen molar-refractivity contribution in [3.8, 4) is 0 Å². The summed E-state index contributed by atoms with van der Waals surface area (Å²) in [5.41, 5.74) is 7.05. The Bertz CT molecular complexity index is 946. The van der Waals surface area contributed by atoms with E-state index in [0.29, 0.717) is 37.1 Å². The monoisotopic (exact) mass is 451 g/mol. The summed E-state index contributed by atoms with van der Waals surface area (Å²) >= 11 is 10.4. The highest BCUT2D eigenvalue weighted by molar-refractivity contribution is 7.89. The normalized spacial score (nSPS) is 14.6. The number of nitrogens with zero attached hydrogens (tertiary/aromatic N) is 1. The van der Waals surface area contributed by atoms with Crippen LogP contribution >= 0.6 is 24.4 Å². The molecule has 0 amide bonds. The summed E-state index contributed by atoms with van der Waals surface area (Å²) in [5, 5.41) is 6.61. The molecular formula is C18H21N5O3S3. The highest BCUT2D eigenvalue weighted by Gasteiger charge is 2.26. The summed E-state index contributed by atoms with van der Waals surface area (Å²) in [5.74, 6) is 0. The summed E-state index contributed by atoms with van der Waals surface area (Å²) in [6.45, 7) is 1.54. The van der Waals surface area contributed by atoms with E-state index >= 15 is 0 Å². The van der Waals surface area contributed by atoms with Gasteiger partial charge in [-0.05, 0) is 60.8 Å². The van der Waals surface area contributed by atoms with Gasteiger partial charge in [0, 0.05) is 24.5 Å². The number of ether oxygens (including phenoxy) is 1. The third-order valence-corrected chi connectivity index (χ3v) is 6.36. The van der Waals surface area contributed by atoms with Crippen molar-refractivity contribution >= 4 is 56.1 Å². The number of para-hydroxylation sites is 1. The number of hydrogen-bond acceptors (Lipinski definition) is 5. The van der Waals surface area contributed by atoms with E-state index in [2.05, 4.69) is 21.5 Å². The van der Waals surface area contributed by atoms with Crippen LogP contribution in [0.2, 0.25) is 0 Å². The summed E-state index contributed by atoms with van der Waals surface area (Å²) in [6, 6.07) is 15.9. The Morgan fingerprint density at radius 2 is 1.34 bits per heavy atom. The maximum Gasteiger partial charge on any atom is 0.243 e. The molecule has 1 fully saturated rings. The van der Waals surface area contributed by atoms with Gasteiger partial charge in [-0.1, -0.05) is 18.2 Å². The van der Waals surface area contributed by atoms with Crippen LogP contribution in [0.3, 0.4) is 0 Å². The molecule has 2 aromatic carbocycles. The van der Waals surface area contributed by atoms with Crippen LogP contribution in [0, 0.1) is 0 Å². The molecule has 3 rings (SSSR count). The second kappa shape index (κ2) is 9.94. The topological polar surface area (TPSA) is 94.7 Å². The van der Waals surface area contributed by atoms with Crippen LogP contribution in [-0.4, -0.2) is 49.3 Å². The zero-order valence-corrected chi connectivity index (χ0v) is 17.9. The molecule has 4 N–H and O–H groups in total. The molecule has 0 aliphatic carbocycles. The summed E-state index contributed by atoms with van der Waals surface area (Å²) in [7, 11) is -3.52. The fourth-order valence-electron chi connectivity index (χ4n) is 2.61. The molecule has 0 atom stereocenters. The molecule has 8 nitrogen and oxygen atoms in total. The van der Waals surface area contributed by atoms with Crippen LogP contribution in [0.1, 0.15) is 0 Å². The fraction of sp³-hybridized carbons (Fsp3) is 0.222. The van der Waals surface area contributed by atoms with Crippen molar-refractivity contribution < 1.29 is 13.2 Å². The maximum absolute atomic E-state index is 12.6. The smallest absolute Gasteiger partial charge is 0.243 e. The Labute approximate surface area is 180 Å². The van der Waals surface area contributed by atoms with Gasteiger partial charge in [-0.25, -0.2) is 8.42 Å². The molecule has 1 saturated heterocycles. The summed E-state index contributed by atoms with van der Waals surface area (Å²) in [6.07, 6.45) is 0. The molecule has 1 aliphatic rings. The van der Waals surface area contributed by atoms with Crippen molar-refractivity contribution in [1.29, 1.82) is 0 Å². The van der Waals surface area contributed by atoms with Crippen LogP contribution < -0.4 is 21.5 Å². The molecule has 0 unspecified atom stereocenters. The SMILES string of the molecule is O=S(=O)(c1ccc(NC(=S)NNC(=S)Nc2ccccc2)cc1)N1CCOCC1. The van der Waals surface area contributed by atoms with E-state index in [4.69, 9.17) is 29.2 Å². The van der Waals surface area contributed by atoms with Crippen LogP contribution in [0.5, 0.6) is 0 Å². The van der Waals surface area contributed by atoms with Gasteiger partial charge < -0.3 is 15.4 Å². The van der Waals surface area contributed by atoms with Crippen molar-refractivity contribution in [3.63, 3.8) is 0 Å². The maximum atomic E-state index is 12.6. The number of nitrogens with one attached hydrogen (secondary N) is 4. The minimum atomic E-state index is -3.52. The number of benzene rings is 2. The molecular weight excluding hydrogens is 430 g/mol. The lowest BCUT2D eigenvalue weighted by Crippen LogP contribution is -2.45. The predicted octanol–water partition coefficient (Wildman–Crippen LogP) is 1.90. The van der Waals surface area contributed by atoms with E-state index in [0.717, 1.165) is 5.69 Å². The number of thiocarbonyl (C=S) groups is 2. The average Bonchev–Trinajstić information content (AvgIpc) is 2.74. The Kier molecular flexibility index (Phi) is 7.34. The zero-order chi connectivity index (χ0) is 20.7. The molecule has 29 heavy (non-hydrogen) atoms. The van der Waals surface area contributed by atoms with E-state index in [9.17, 15) is 8.42 Å². The highest BCUT2D eigenvalue weighted by Crippen LogP contribution is 2.19. The fourth-order valence-corrected chi connectivity index (χ4v) is 4.35. The Morgan fingerprint density at radius 1 is 0.828 bits per heavy atom. The van der Waals surface area contributed by atoms with Crippen molar-refractivity contribution in [2.75, 3.05) is 36.9 Å². The molecule has 0 saturated carbocycles. The van der Waals surface area contributed by atoms with Gasteiger partial charge in [0.15, 0.2) is 10.2 Å². The first-order valence-corrected chi connectivity index (χ1v) is 11.1. The summed E-state index contributed by atoms with van der Waals surface area (Å²) < 4.78 is 31.9. The molecule has 2 aromatic rings. The average molecular weight is 452 g/mol. The van der Waals surface area contributed by atoms with E-state index in [1.807, 2.05) is 30.3 Å². The van der Waals surface area contributed by atoms with Gasteiger partial charge in [0.1, 0.15) is 0 Å². The number of rotatable bonds is 4. The number of sulfonamides is 1. The Balaban J connectivity index is 1.50. The van der Waals surface area contributed by atoms with Crippen molar-refractivity contribution in [1.82, 2.24) is 15.2 Å². The molecule has 1 heterocycles. The van der Waals surface area contributed by atoms with Crippen LogP contribution in [0.15, 0.2) is 59.5 Å². The molecule has 0 spiro atoms. The Morgan fingerprint density at radius 3 is 1.90 bits per heavy atom. The third-order valence-electron chi connectivity index (χ3n) is 4.04. The Hall–Kier alpha value is -2.31. The van der Waals surface area contributed by atoms with Gasteiger partial charge in [0.05, 0.1) is 18.1 Å². The van der Waals surface area contributed by atoms with Gasteiger partial charge >= 0.3 is 0 Å². The first-order valence-electron chi connectivity index (χ1n) is 8.82. The van der Waals surface area contributed by atoms with Gasteiger partial charge in [0.2, 0.25) is 10.0 Å². The van der Waals surface area contributed by atoms with Crippen LogP contribution in [0.4, 0.5) is 11.4 Å². The number of hydrazine groups is 1. The lowest BCUT2D eigenvalue weighted by atomic mass is 10.3. The first kappa shape index (κ1) is 21.4. The highest BCUT2D eigenvalue weighted by atomic mass is 32.2. The minimum absolute atomic E-state index is 0.232. The minimum Gasteiger partial charge on any atom is -0.379 e. The van der Waals surface area contributed by atoms with Crippen molar-refractivity contribution in [2.45, 2.75) is 4.90 Å². The molecule has 1 aliphatic heterocycles. The predicted molar refractivity (Wildman–Crippen MR) is 121 cm³/mol. The number of morpholine rings is 1. The number of hydrogen-bond donors (Lipinski definition) is 4. The van der Waals surface area contributed by atoms with E-state index < -0.39 is 10.0 Å². The van der Waals surface area contributed by atoms with E-state index in [1.54, 1.807) is 24.3 Å². The molecule has 0 bridgehead atoms. The van der Waals surface area contributed by atoms with Crippen LogP contribution in [0.25, 0.3) is 0 Å². The molecule has 0 radical (unpaired) electrons. The second-order valence-corrected chi connectivity index (χ2v) is 8.82. The third kappa shape index (κ3) is 6.08. The van der Waals surface area contributed by atoms with E-state index in [1.165, 1.54) is 4.31 Å². The first-order chi connectivity index (χ1) is 13.9. The molecule has 154 valence electrons. The quantitative estimate of drug-likeness (QED) is 0.411. The second-order valence-electron chi connectivity index (χ2n) is 6.07. The van der Waals surface area contributed by atoms with Gasteiger partial charge in [0.25, 0.3) is 0 Å². The van der Waals surface area contributed by atoms with Crippen molar-refractivity contribution in [2.24, 2.45) is 0 Å². The van der Waals surface area contributed by atoms with Crippen molar-refractivity contribution in [3.05, 3.63) is 54.6 Å². The standard InChI is InChI=1S/C18H21N5O3S3/c24-29(25,23-10-12-26-13-11-23)16-8-6-15(7-9-16)20-18(28)22-21-17(27)19-14-4-2-1-3-5-14/h1-9H,10-13H2,(H2,19,21,27)(H2,20,22,28). The largest absolute Gasteiger partial charge is 0.379 e. The van der Waals surface area contributed by atoms with Gasteiger partial charge in [-0.2, -0.15) is 4.31 Å². The zero-order valence-electron chi connectivity index (χ0n) is 15.4. The van der Waals surface area contributed by atoms with Crippen LogP contribution in [-0.2, 0) is 14.8 Å². The molecule has 11 heteroatoms. The van der Waals surface area contributed by atoms with E-state index in [-0.39, 0.29) is 10.0 Å². The number of anilines is 2.